The van der Waals surface area contributed by atoms with Crippen molar-refractivity contribution in [2.24, 2.45) is 23.2 Å². The smallest absolute Gasteiger partial charge is 0.256 e. The van der Waals surface area contributed by atoms with Gasteiger partial charge in [-0.25, -0.2) is 5.84 Å². The number of likely N-dealkylation sites (tertiary alicyclic amines) is 1. The van der Waals surface area contributed by atoms with Crippen molar-refractivity contribution in [1.82, 2.24) is 41.9 Å². The maximum Gasteiger partial charge on any atom is 0.256 e. The van der Waals surface area contributed by atoms with Crippen LogP contribution in [0, 0.1) is 5.92 Å². The number of rotatable bonds is 24. The molecular formula is C42H59N11O8S. The minimum absolute atomic E-state index is 0.00358. The Morgan fingerprint density at radius 1 is 0.806 bits per heavy atom. The number of H-pyrrole nitrogens is 1. The molecule has 6 atom stereocenters. The minimum atomic E-state index is -1.31. The van der Waals surface area contributed by atoms with Crippen LogP contribution in [0.15, 0.2) is 60.8 Å². The molecule has 0 radical (unpaired) electrons. The Bertz CT molecular complexity index is 2050. The fourth-order valence-electron chi connectivity index (χ4n) is 7.26. The molecule has 3 aromatic rings. The summed E-state index contributed by atoms with van der Waals surface area (Å²) in [6.07, 6.45) is 3.89. The van der Waals surface area contributed by atoms with Gasteiger partial charge in [-0.1, -0.05) is 62.4 Å². The molecule has 1 saturated heterocycles. The lowest BCUT2D eigenvalue weighted by atomic mass is 10.0. The number of benzene rings is 2. The summed E-state index contributed by atoms with van der Waals surface area (Å²) in [4.78, 5) is 111. The van der Waals surface area contributed by atoms with E-state index in [1.807, 2.05) is 44.4 Å². The lowest BCUT2D eigenvalue weighted by Gasteiger charge is -2.30. The first-order valence-electron chi connectivity index (χ1n) is 20.5. The highest BCUT2D eigenvalue weighted by Crippen LogP contribution is 2.22. The summed E-state index contributed by atoms with van der Waals surface area (Å²) >= 11 is 1.50. The number of hydrazine groups is 1. The van der Waals surface area contributed by atoms with Crippen LogP contribution in [0.5, 0.6) is 0 Å². The van der Waals surface area contributed by atoms with Crippen molar-refractivity contribution in [1.29, 1.82) is 0 Å². The van der Waals surface area contributed by atoms with Crippen molar-refractivity contribution >= 4 is 69.9 Å². The number of hydrogen-bond acceptors (Lipinski definition) is 11. The summed E-state index contributed by atoms with van der Waals surface area (Å²) in [6, 6.07) is 9.52. The third-order valence-electron chi connectivity index (χ3n) is 10.5. The van der Waals surface area contributed by atoms with Gasteiger partial charge in [-0.15, -0.1) is 0 Å². The molecule has 336 valence electrons. The molecule has 8 amide bonds. The Labute approximate surface area is 364 Å². The molecule has 1 aromatic heterocycles. The van der Waals surface area contributed by atoms with E-state index in [0.717, 1.165) is 10.9 Å². The molecule has 2 heterocycles. The molecule has 0 bridgehead atoms. The first-order valence-corrected chi connectivity index (χ1v) is 21.9. The second-order valence-corrected chi connectivity index (χ2v) is 16.6. The van der Waals surface area contributed by atoms with E-state index >= 15 is 0 Å². The maximum atomic E-state index is 14.4. The monoisotopic (exact) mass is 877 g/mol. The van der Waals surface area contributed by atoms with Gasteiger partial charge in [0.25, 0.3) is 5.91 Å². The number of aromatic nitrogens is 1. The van der Waals surface area contributed by atoms with Crippen molar-refractivity contribution in [2.75, 3.05) is 25.1 Å². The third-order valence-corrected chi connectivity index (χ3v) is 11.1. The van der Waals surface area contributed by atoms with Gasteiger partial charge in [-0.2, -0.15) is 11.8 Å². The number of fused-ring (bicyclic) bond motifs is 1. The molecule has 4 rings (SSSR count). The van der Waals surface area contributed by atoms with E-state index in [2.05, 4.69) is 37.0 Å². The van der Waals surface area contributed by atoms with Gasteiger partial charge in [0.05, 0.1) is 6.54 Å². The van der Waals surface area contributed by atoms with Crippen LogP contribution >= 0.6 is 11.8 Å². The van der Waals surface area contributed by atoms with E-state index in [9.17, 15) is 38.4 Å². The van der Waals surface area contributed by atoms with Gasteiger partial charge in [0.15, 0.2) is 0 Å². The molecule has 1 aliphatic rings. The SMILES string of the molecule is CSCC[C@H](NC(=O)[C@H](CC(C)C)N1CC[C@@H](NC(=O)[C@H](Cc2ccccc2)NC(=O)[C@@H](Cc2c[nH]c3ccccc23)NC(=O)[C@H](CCC(N)=O)NC(=O)CN)C1=O)C(=O)NN. The molecule has 19 nitrogen and oxygen atoms in total. The van der Waals surface area contributed by atoms with Crippen molar-refractivity contribution < 1.29 is 38.4 Å². The number of nitrogens with zero attached hydrogens (tertiary/aromatic N) is 1. The molecule has 0 spiro atoms. The fourth-order valence-corrected chi connectivity index (χ4v) is 7.73. The highest BCUT2D eigenvalue weighted by Gasteiger charge is 2.41. The van der Waals surface area contributed by atoms with Crippen molar-refractivity contribution in [3.05, 3.63) is 71.9 Å². The van der Waals surface area contributed by atoms with Crippen LogP contribution in [0.2, 0.25) is 0 Å². The van der Waals surface area contributed by atoms with Crippen molar-refractivity contribution in [2.45, 2.75) is 95.0 Å². The number of amides is 8. The molecule has 2 aromatic carbocycles. The number of primary amides is 1. The number of para-hydroxylation sites is 1. The first kappa shape index (κ1) is 48.7. The predicted octanol–water partition coefficient (Wildman–Crippen LogP) is -1.01. The lowest BCUT2D eigenvalue weighted by Crippen LogP contribution is -2.59. The van der Waals surface area contributed by atoms with Gasteiger partial charge >= 0.3 is 0 Å². The number of carbonyl (C=O) groups is 8. The van der Waals surface area contributed by atoms with Gasteiger partial charge in [-0.3, -0.25) is 43.8 Å². The molecule has 62 heavy (non-hydrogen) atoms. The largest absolute Gasteiger partial charge is 0.370 e. The normalized spacial score (nSPS) is 16.1. The topological polar surface area (TPSA) is 306 Å². The summed E-state index contributed by atoms with van der Waals surface area (Å²) in [5.74, 6) is 0.770. The Morgan fingerprint density at radius 3 is 2.08 bits per heavy atom. The lowest BCUT2D eigenvalue weighted by molar-refractivity contribution is -0.141. The third kappa shape index (κ3) is 14.0. The van der Waals surface area contributed by atoms with Gasteiger partial charge in [0.2, 0.25) is 41.4 Å². The van der Waals surface area contributed by atoms with E-state index in [4.69, 9.17) is 17.3 Å². The predicted molar refractivity (Wildman–Crippen MR) is 234 cm³/mol. The molecule has 1 fully saturated rings. The zero-order valence-corrected chi connectivity index (χ0v) is 36.1. The molecule has 0 saturated carbocycles. The van der Waals surface area contributed by atoms with Crippen LogP contribution in [0.1, 0.15) is 57.1 Å². The number of carbonyl (C=O) groups excluding carboxylic acids is 8. The molecule has 1 aliphatic heterocycles. The van der Waals surface area contributed by atoms with E-state index in [1.54, 1.807) is 36.5 Å². The van der Waals surface area contributed by atoms with E-state index in [-0.39, 0.29) is 51.0 Å². The molecule has 20 heteroatoms. The summed E-state index contributed by atoms with van der Waals surface area (Å²) < 4.78 is 0. The second-order valence-electron chi connectivity index (χ2n) is 15.6. The van der Waals surface area contributed by atoms with Crippen LogP contribution in [0.25, 0.3) is 10.9 Å². The molecule has 0 aliphatic carbocycles. The van der Waals surface area contributed by atoms with Crippen LogP contribution in [0.3, 0.4) is 0 Å². The Morgan fingerprint density at radius 2 is 1.44 bits per heavy atom. The van der Waals surface area contributed by atoms with Gasteiger partial charge in [0.1, 0.15) is 36.3 Å². The summed E-state index contributed by atoms with van der Waals surface area (Å²) in [7, 11) is 0. The van der Waals surface area contributed by atoms with Crippen LogP contribution in [-0.4, -0.2) is 118 Å². The average molecular weight is 878 g/mol. The fraction of sp³-hybridized carbons (Fsp3) is 0.476. The average Bonchev–Trinajstić information content (AvgIpc) is 3.83. The molecule has 13 N–H and O–H groups in total. The standard InChI is InChI=1S/C42H59N11O8S/c1-24(2)19-34(41(60)48-30(16-18-62-3)40(59)52-45)53-17-15-31(42(53)61)49-38(57)32(20-25-9-5-4-6-10-25)50-39(58)33(21-26-23-46-28-12-8-7-11-27(26)28)51-37(56)29(13-14-35(44)54)47-36(55)22-43/h4-12,23-24,29-34,46H,13-22,43,45H2,1-3H3,(H2,44,54)(H,47,55)(H,48,60)(H,49,57)(H,50,58)(H,51,56)(H,52,59)/t29-,30-,31+,32-,33+,34-/m0/s1. The van der Waals surface area contributed by atoms with Crippen LogP contribution < -0.4 is 49.3 Å². The highest BCUT2D eigenvalue weighted by molar-refractivity contribution is 7.98. The van der Waals surface area contributed by atoms with Crippen LogP contribution in [-0.2, 0) is 51.2 Å². The number of aromatic amines is 1. The summed E-state index contributed by atoms with van der Waals surface area (Å²) in [6.45, 7) is 3.51. The van der Waals surface area contributed by atoms with Gasteiger partial charge in [-0.05, 0) is 60.8 Å². The number of nitrogens with two attached hydrogens (primary N) is 3. The van der Waals surface area contributed by atoms with Gasteiger partial charge in [0, 0.05) is 42.9 Å². The first-order chi connectivity index (χ1) is 29.6. The Kier molecular flexibility index (Phi) is 18.7. The van der Waals surface area contributed by atoms with Crippen molar-refractivity contribution in [3.8, 4) is 0 Å². The summed E-state index contributed by atoms with van der Waals surface area (Å²) in [5, 5.41) is 14.3. The van der Waals surface area contributed by atoms with E-state index < -0.39 is 90.1 Å². The zero-order valence-electron chi connectivity index (χ0n) is 35.2. The second kappa shape index (κ2) is 23.9. The zero-order chi connectivity index (χ0) is 45.3. The molecule has 0 unspecified atom stereocenters. The van der Waals surface area contributed by atoms with E-state index in [0.29, 0.717) is 23.3 Å². The van der Waals surface area contributed by atoms with Gasteiger partial charge < -0.3 is 47.9 Å². The van der Waals surface area contributed by atoms with Crippen LogP contribution in [0.4, 0.5) is 0 Å². The Balaban J connectivity index is 1.59. The molecular weight excluding hydrogens is 819 g/mol. The quantitative estimate of drug-likeness (QED) is 0.0296. The van der Waals surface area contributed by atoms with E-state index in [1.165, 1.54) is 16.7 Å². The maximum absolute atomic E-state index is 14.4. The Hall–Kier alpha value is -5.99. The highest BCUT2D eigenvalue weighted by atomic mass is 32.2. The number of nitrogens with one attached hydrogen (secondary N) is 7. The number of hydrogen-bond donors (Lipinski definition) is 10. The van der Waals surface area contributed by atoms with Crippen molar-refractivity contribution in [3.63, 3.8) is 0 Å². The number of thioether (sulfide) groups is 1. The summed E-state index contributed by atoms with van der Waals surface area (Å²) in [5.41, 5.74) is 15.0. The minimum Gasteiger partial charge on any atom is -0.370 e.